The van der Waals surface area contributed by atoms with Crippen LogP contribution in [0.1, 0.15) is 30.3 Å². The number of nitrogens with zero attached hydrogens (tertiary/aromatic N) is 2. The van der Waals surface area contributed by atoms with Gasteiger partial charge in [0.2, 0.25) is 0 Å². The summed E-state index contributed by atoms with van der Waals surface area (Å²) in [6, 6.07) is 0.134. The molecule has 6 heteroatoms. The minimum absolute atomic E-state index is 0.134. The third kappa shape index (κ3) is 2.95. The van der Waals surface area contributed by atoms with Crippen LogP contribution in [-0.4, -0.2) is 41.8 Å². The number of rotatable bonds is 4. The van der Waals surface area contributed by atoms with E-state index < -0.39 is 5.97 Å². The van der Waals surface area contributed by atoms with Crippen molar-refractivity contribution in [2.24, 2.45) is 0 Å². The molecule has 1 aliphatic rings. The molecule has 1 aromatic heterocycles. The highest BCUT2D eigenvalue weighted by molar-refractivity contribution is 5.87. The monoisotopic (exact) mass is 251 g/mol. The van der Waals surface area contributed by atoms with Gasteiger partial charge >= 0.3 is 5.97 Å². The fourth-order valence-electron chi connectivity index (χ4n) is 1.96. The number of methoxy groups -OCH3 is 1. The summed E-state index contributed by atoms with van der Waals surface area (Å²) in [7, 11) is 1.32. The third-order valence-corrected chi connectivity index (χ3v) is 2.93. The Morgan fingerprint density at radius 2 is 2.44 bits per heavy atom. The molecule has 0 aromatic carbocycles. The van der Waals surface area contributed by atoms with Crippen LogP contribution in [0.15, 0.2) is 12.4 Å². The summed E-state index contributed by atoms with van der Waals surface area (Å²) in [5, 5.41) is 3.20. The molecule has 1 saturated heterocycles. The van der Waals surface area contributed by atoms with Crippen molar-refractivity contribution in [2.75, 3.05) is 19.0 Å². The number of esters is 1. The fourth-order valence-corrected chi connectivity index (χ4v) is 1.96. The van der Waals surface area contributed by atoms with Crippen LogP contribution in [0.25, 0.3) is 0 Å². The molecule has 0 spiro atoms. The van der Waals surface area contributed by atoms with Gasteiger partial charge < -0.3 is 14.8 Å². The molecule has 0 aliphatic carbocycles. The van der Waals surface area contributed by atoms with Crippen molar-refractivity contribution in [3.63, 3.8) is 0 Å². The largest absolute Gasteiger partial charge is 0.464 e. The van der Waals surface area contributed by atoms with Crippen LogP contribution in [0.5, 0.6) is 0 Å². The fraction of sp³-hybridized carbons (Fsp3) is 0.583. The van der Waals surface area contributed by atoms with Crippen molar-refractivity contribution in [1.82, 2.24) is 9.97 Å². The number of carbonyl (C=O) groups is 1. The van der Waals surface area contributed by atoms with Crippen LogP contribution < -0.4 is 5.32 Å². The number of aromatic nitrogens is 2. The van der Waals surface area contributed by atoms with Crippen molar-refractivity contribution in [3.05, 3.63) is 18.1 Å². The second-order valence-corrected chi connectivity index (χ2v) is 4.27. The quantitative estimate of drug-likeness (QED) is 0.812. The van der Waals surface area contributed by atoms with Crippen molar-refractivity contribution in [1.29, 1.82) is 0 Å². The van der Waals surface area contributed by atoms with E-state index in [2.05, 4.69) is 20.0 Å². The Balaban J connectivity index is 2.02. The number of ether oxygens (including phenoxy) is 2. The highest BCUT2D eigenvalue weighted by Gasteiger charge is 2.22. The summed E-state index contributed by atoms with van der Waals surface area (Å²) in [4.78, 5) is 19.4. The van der Waals surface area contributed by atoms with Gasteiger partial charge in [-0.2, -0.15) is 0 Å². The minimum Gasteiger partial charge on any atom is -0.464 e. The van der Waals surface area contributed by atoms with E-state index in [1.807, 2.05) is 6.92 Å². The van der Waals surface area contributed by atoms with Gasteiger partial charge in [0, 0.05) is 6.61 Å². The molecule has 0 amide bonds. The van der Waals surface area contributed by atoms with Crippen LogP contribution in [-0.2, 0) is 9.47 Å². The topological polar surface area (TPSA) is 73.3 Å². The van der Waals surface area contributed by atoms with E-state index in [1.54, 1.807) is 6.20 Å². The SMILES string of the molecule is COC(=O)c1cncc(NC(C)C2CCCO2)n1. The summed E-state index contributed by atoms with van der Waals surface area (Å²) in [6.07, 6.45) is 5.28. The average molecular weight is 251 g/mol. The van der Waals surface area contributed by atoms with E-state index in [4.69, 9.17) is 4.74 Å². The summed E-state index contributed by atoms with van der Waals surface area (Å²) in [6.45, 7) is 2.84. The summed E-state index contributed by atoms with van der Waals surface area (Å²) >= 11 is 0. The van der Waals surface area contributed by atoms with E-state index in [1.165, 1.54) is 13.3 Å². The zero-order valence-corrected chi connectivity index (χ0v) is 10.5. The Morgan fingerprint density at radius 1 is 1.61 bits per heavy atom. The van der Waals surface area contributed by atoms with E-state index in [0.717, 1.165) is 19.4 Å². The lowest BCUT2D eigenvalue weighted by Gasteiger charge is -2.20. The molecule has 0 bridgehead atoms. The van der Waals surface area contributed by atoms with Gasteiger partial charge in [-0.15, -0.1) is 0 Å². The minimum atomic E-state index is -0.490. The van der Waals surface area contributed by atoms with E-state index in [9.17, 15) is 4.79 Å². The lowest BCUT2D eigenvalue weighted by atomic mass is 10.1. The number of carbonyl (C=O) groups excluding carboxylic acids is 1. The molecular formula is C12H17N3O3. The molecule has 1 aromatic rings. The van der Waals surface area contributed by atoms with Gasteiger partial charge in [0.25, 0.3) is 0 Å². The van der Waals surface area contributed by atoms with Crippen LogP contribution in [0.4, 0.5) is 5.82 Å². The van der Waals surface area contributed by atoms with Crippen LogP contribution >= 0.6 is 0 Å². The van der Waals surface area contributed by atoms with Crippen LogP contribution in [0.3, 0.4) is 0 Å². The van der Waals surface area contributed by atoms with Crippen molar-refractivity contribution in [2.45, 2.75) is 31.9 Å². The average Bonchev–Trinajstić information content (AvgIpc) is 2.92. The Bertz CT molecular complexity index is 419. The highest BCUT2D eigenvalue weighted by Crippen LogP contribution is 2.18. The molecule has 2 atom stereocenters. The van der Waals surface area contributed by atoms with Gasteiger partial charge in [-0.25, -0.2) is 9.78 Å². The second-order valence-electron chi connectivity index (χ2n) is 4.27. The molecular weight excluding hydrogens is 234 g/mol. The molecule has 0 radical (unpaired) electrons. The Labute approximate surface area is 106 Å². The second kappa shape index (κ2) is 5.77. The molecule has 2 heterocycles. The zero-order chi connectivity index (χ0) is 13.0. The molecule has 2 rings (SSSR count). The molecule has 1 fully saturated rings. The van der Waals surface area contributed by atoms with Gasteiger partial charge in [0.1, 0.15) is 5.82 Å². The van der Waals surface area contributed by atoms with E-state index >= 15 is 0 Å². The number of hydrogen-bond donors (Lipinski definition) is 1. The number of anilines is 1. The Kier molecular flexibility index (Phi) is 4.09. The van der Waals surface area contributed by atoms with Crippen molar-refractivity contribution >= 4 is 11.8 Å². The van der Waals surface area contributed by atoms with Crippen molar-refractivity contribution < 1.29 is 14.3 Å². The summed E-state index contributed by atoms with van der Waals surface area (Å²) < 4.78 is 10.2. The molecule has 1 N–H and O–H groups in total. The first-order valence-corrected chi connectivity index (χ1v) is 5.99. The third-order valence-electron chi connectivity index (χ3n) is 2.93. The van der Waals surface area contributed by atoms with Gasteiger partial charge in [-0.3, -0.25) is 4.98 Å². The molecule has 18 heavy (non-hydrogen) atoms. The van der Waals surface area contributed by atoms with E-state index in [0.29, 0.717) is 5.82 Å². The van der Waals surface area contributed by atoms with E-state index in [-0.39, 0.29) is 17.8 Å². The first-order valence-electron chi connectivity index (χ1n) is 5.99. The lowest BCUT2D eigenvalue weighted by molar-refractivity contribution is 0.0593. The standard InChI is InChI=1S/C12H17N3O3/c1-8(10-4-3-5-18-10)14-11-7-13-6-9(15-11)12(16)17-2/h6-8,10H,3-5H2,1-2H3,(H,14,15). The van der Waals surface area contributed by atoms with Gasteiger partial charge in [-0.05, 0) is 19.8 Å². The number of hydrogen-bond acceptors (Lipinski definition) is 6. The summed E-state index contributed by atoms with van der Waals surface area (Å²) in [5.41, 5.74) is 0.196. The first kappa shape index (κ1) is 12.8. The van der Waals surface area contributed by atoms with Gasteiger partial charge in [-0.1, -0.05) is 0 Å². The molecule has 98 valence electrons. The number of nitrogens with one attached hydrogen (secondary N) is 1. The zero-order valence-electron chi connectivity index (χ0n) is 10.5. The molecule has 1 aliphatic heterocycles. The predicted octanol–water partition coefficient (Wildman–Crippen LogP) is 1.24. The first-order chi connectivity index (χ1) is 8.70. The predicted molar refractivity (Wildman–Crippen MR) is 65.4 cm³/mol. The molecule has 0 saturated carbocycles. The maximum absolute atomic E-state index is 11.3. The van der Waals surface area contributed by atoms with Crippen LogP contribution in [0, 0.1) is 0 Å². The Morgan fingerprint density at radius 3 is 3.11 bits per heavy atom. The Hall–Kier alpha value is -1.69. The highest BCUT2D eigenvalue weighted by atomic mass is 16.5. The maximum atomic E-state index is 11.3. The van der Waals surface area contributed by atoms with Crippen molar-refractivity contribution in [3.8, 4) is 0 Å². The maximum Gasteiger partial charge on any atom is 0.358 e. The van der Waals surface area contributed by atoms with Crippen LogP contribution in [0.2, 0.25) is 0 Å². The van der Waals surface area contributed by atoms with Gasteiger partial charge in [0.05, 0.1) is 31.6 Å². The molecule has 6 nitrogen and oxygen atoms in total. The molecule has 2 unspecified atom stereocenters. The normalized spacial score (nSPS) is 20.4. The van der Waals surface area contributed by atoms with Gasteiger partial charge in [0.15, 0.2) is 5.69 Å². The lowest BCUT2D eigenvalue weighted by Crippen LogP contribution is -2.30. The summed E-state index contributed by atoms with van der Waals surface area (Å²) in [5.74, 6) is 0.0665. The smallest absolute Gasteiger partial charge is 0.358 e.